The van der Waals surface area contributed by atoms with Gasteiger partial charge in [-0.2, -0.15) is 0 Å². The number of hydrogen-bond acceptors (Lipinski definition) is 6. The zero-order chi connectivity index (χ0) is 24.6. The smallest absolute Gasteiger partial charge is 0.303 e. The van der Waals surface area contributed by atoms with Gasteiger partial charge >= 0.3 is 5.97 Å². The molecule has 3 heterocycles. The molecular weight excluding hydrogens is 458 g/mol. The van der Waals surface area contributed by atoms with E-state index in [0.29, 0.717) is 12.5 Å². The fourth-order valence-electron chi connectivity index (χ4n) is 5.14. The number of likely N-dealkylation sites (tertiary alicyclic amines) is 1. The Morgan fingerprint density at radius 1 is 1.34 bits per heavy atom. The molecule has 0 aliphatic carbocycles. The van der Waals surface area contributed by atoms with Crippen LogP contribution in [0, 0.1) is 23.7 Å². The van der Waals surface area contributed by atoms with Gasteiger partial charge in [-0.25, -0.2) is 0 Å². The highest BCUT2D eigenvalue weighted by molar-refractivity contribution is 7.10. The molecule has 4 rings (SSSR count). The molecule has 0 bridgehead atoms. The van der Waals surface area contributed by atoms with Crippen molar-refractivity contribution in [2.75, 3.05) is 33.8 Å². The number of rotatable bonds is 9. The summed E-state index contributed by atoms with van der Waals surface area (Å²) >= 11 is 1.64. The molecule has 3 atom stereocenters. The number of aromatic nitrogens is 1. The number of carboxylic acids is 1. The van der Waals surface area contributed by atoms with Gasteiger partial charge in [0, 0.05) is 30.6 Å². The average molecular weight is 492 g/mol. The van der Waals surface area contributed by atoms with Gasteiger partial charge in [-0.15, -0.1) is 11.3 Å². The minimum absolute atomic E-state index is 0.136. The number of methoxy groups -OCH3 is 1. The fourth-order valence-corrected chi connectivity index (χ4v) is 5.73. The topological polar surface area (TPSA) is 74.7 Å². The van der Waals surface area contributed by atoms with Gasteiger partial charge in [0.1, 0.15) is 5.75 Å². The van der Waals surface area contributed by atoms with Crippen LogP contribution in [-0.4, -0.2) is 54.8 Å². The number of aliphatic carboxylic acids is 1. The lowest BCUT2D eigenvalue weighted by molar-refractivity contribution is -0.139. The van der Waals surface area contributed by atoms with Crippen LogP contribution in [0.25, 0.3) is 10.9 Å². The number of carbonyl (C=O) groups is 1. The van der Waals surface area contributed by atoms with Gasteiger partial charge in [0.25, 0.3) is 0 Å². The monoisotopic (exact) mass is 491 g/mol. The molecule has 1 fully saturated rings. The molecule has 2 N–H and O–H groups in total. The quantitative estimate of drug-likeness (QED) is 0.419. The Kier molecular flexibility index (Phi) is 8.75. The van der Waals surface area contributed by atoms with E-state index in [1.807, 2.05) is 49.0 Å². The summed E-state index contributed by atoms with van der Waals surface area (Å²) in [7, 11) is 3.66. The number of ether oxygens (including phenoxy) is 1. The molecule has 1 aliphatic rings. The van der Waals surface area contributed by atoms with E-state index in [4.69, 9.17) is 4.74 Å². The first kappa shape index (κ1) is 25.2. The number of carboxylic acid groups (broad SMARTS) is 1. The van der Waals surface area contributed by atoms with Crippen LogP contribution in [-0.2, 0) is 4.79 Å². The van der Waals surface area contributed by atoms with Crippen molar-refractivity contribution in [3.8, 4) is 17.6 Å². The molecule has 184 valence electrons. The largest absolute Gasteiger partial charge is 0.497 e. The van der Waals surface area contributed by atoms with Crippen molar-refractivity contribution in [1.82, 2.24) is 15.2 Å². The molecule has 0 unspecified atom stereocenters. The molecule has 35 heavy (non-hydrogen) atoms. The predicted molar refractivity (Wildman–Crippen MR) is 141 cm³/mol. The van der Waals surface area contributed by atoms with Crippen molar-refractivity contribution in [3.63, 3.8) is 0 Å². The van der Waals surface area contributed by atoms with Gasteiger partial charge in [0.15, 0.2) is 0 Å². The molecule has 1 aliphatic heterocycles. The molecule has 1 saturated heterocycles. The third-order valence-corrected chi connectivity index (χ3v) is 7.77. The SMILES string of the molecule is CN[C@@H](CC[C@@H]1CCN(CC#Cc2cccs2)C[C@@H]1CC(=O)O)c1ccnc2ccc(OC)cc12. The van der Waals surface area contributed by atoms with Crippen molar-refractivity contribution in [2.24, 2.45) is 11.8 Å². The molecule has 0 spiro atoms. The second kappa shape index (κ2) is 12.2. The van der Waals surface area contributed by atoms with Crippen LogP contribution in [0.1, 0.15) is 42.2 Å². The van der Waals surface area contributed by atoms with Crippen LogP contribution >= 0.6 is 11.3 Å². The van der Waals surface area contributed by atoms with Gasteiger partial charge in [0.05, 0.1) is 24.0 Å². The van der Waals surface area contributed by atoms with E-state index in [1.165, 1.54) is 5.56 Å². The fraction of sp³-hybridized carbons (Fsp3) is 0.429. The van der Waals surface area contributed by atoms with Crippen LogP contribution < -0.4 is 10.1 Å². The van der Waals surface area contributed by atoms with E-state index in [-0.39, 0.29) is 18.4 Å². The van der Waals surface area contributed by atoms with E-state index in [9.17, 15) is 9.90 Å². The molecule has 2 aromatic heterocycles. The van der Waals surface area contributed by atoms with Gasteiger partial charge in [0.2, 0.25) is 0 Å². The molecule has 7 heteroatoms. The van der Waals surface area contributed by atoms with Crippen LogP contribution in [0.2, 0.25) is 0 Å². The maximum atomic E-state index is 11.6. The predicted octanol–water partition coefficient (Wildman–Crippen LogP) is 4.81. The minimum Gasteiger partial charge on any atom is -0.497 e. The standard InChI is InChI=1S/C28H33N3O3S/c1-29-26(24-11-13-30-27-10-8-22(34-2)18-25(24)27)9-7-20-12-15-31(19-21(20)17-28(32)33)14-3-5-23-6-4-16-35-23/h4,6,8,10-11,13,16,18,20-21,26,29H,7,9,12,14-15,17,19H2,1-2H3,(H,32,33)/t20-,21+,26+/m1/s1. The van der Waals surface area contributed by atoms with Crippen LogP contribution in [0.15, 0.2) is 48.0 Å². The molecular formula is C28H33N3O3S. The summed E-state index contributed by atoms with van der Waals surface area (Å²) in [4.78, 5) is 19.5. The van der Waals surface area contributed by atoms with E-state index >= 15 is 0 Å². The Morgan fingerprint density at radius 2 is 2.23 bits per heavy atom. The maximum absolute atomic E-state index is 11.6. The van der Waals surface area contributed by atoms with Crippen LogP contribution in [0.4, 0.5) is 0 Å². The lowest BCUT2D eigenvalue weighted by Crippen LogP contribution is -2.41. The highest BCUT2D eigenvalue weighted by atomic mass is 32.1. The van der Waals surface area contributed by atoms with Crippen LogP contribution in [0.3, 0.4) is 0 Å². The lowest BCUT2D eigenvalue weighted by Gasteiger charge is -2.38. The number of nitrogens with one attached hydrogen (secondary N) is 1. The normalized spacial score (nSPS) is 19.1. The highest BCUT2D eigenvalue weighted by Gasteiger charge is 2.31. The summed E-state index contributed by atoms with van der Waals surface area (Å²) in [5, 5.41) is 16.2. The number of nitrogens with zero attached hydrogens (tertiary/aromatic N) is 2. The molecule has 0 radical (unpaired) electrons. The summed E-state index contributed by atoms with van der Waals surface area (Å²) in [5.74, 6) is 7.10. The summed E-state index contributed by atoms with van der Waals surface area (Å²) in [5.41, 5.74) is 2.15. The van der Waals surface area contributed by atoms with E-state index < -0.39 is 5.97 Å². The minimum atomic E-state index is -0.719. The van der Waals surface area contributed by atoms with Crippen molar-refractivity contribution < 1.29 is 14.6 Å². The van der Waals surface area contributed by atoms with Gasteiger partial charge in [-0.1, -0.05) is 17.9 Å². The van der Waals surface area contributed by atoms with Crippen molar-refractivity contribution in [2.45, 2.75) is 31.7 Å². The second-order valence-electron chi connectivity index (χ2n) is 9.12. The first-order valence-corrected chi connectivity index (χ1v) is 13.0. The van der Waals surface area contributed by atoms with Gasteiger partial charge in [-0.3, -0.25) is 14.7 Å². The number of piperidine rings is 1. The maximum Gasteiger partial charge on any atom is 0.303 e. The second-order valence-corrected chi connectivity index (χ2v) is 10.1. The van der Waals surface area contributed by atoms with Crippen molar-refractivity contribution in [1.29, 1.82) is 0 Å². The number of fused-ring (bicyclic) bond motifs is 1. The zero-order valence-corrected chi connectivity index (χ0v) is 21.2. The molecule has 3 aromatic rings. The Bertz CT molecular complexity index is 1190. The van der Waals surface area contributed by atoms with Crippen LogP contribution in [0.5, 0.6) is 5.75 Å². The molecule has 0 amide bonds. The Hall–Kier alpha value is -2.92. The first-order chi connectivity index (χ1) is 17.1. The summed E-state index contributed by atoms with van der Waals surface area (Å²) in [6, 6.07) is 12.2. The van der Waals surface area contributed by atoms with Gasteiger partial charge in [-0.05, 0) is 86.0 Å². The van der Waals surface area contributed by atoms with E-state index in [2.05, 4.69) is 33.1 Å². The third-order valence-electron chi connectivity index (χ3n) is 6.98. The molecule has 6 nitrogen and oxygen atoms in total. The van der Waals surface area contributed by atoms with E-state index in [1.54, 1.807) is 18.4 Å². The summed E-state index contributed by atoms with van der Waals surface area (Å²) < 4.78 is 5.44. The number of pyridine rings is 1. The molecule has 1 aromatic carbocycles. The zero-order valence-electron chi connectivity index (χ0n) is 20.4. The number of hydrogen-bond donors (Lipinski definition) is 2. The summed E-state index contributed by atoms with van der Waals surface area (Å²) in [6.45, 7) is 2.43. The van der Waals surface area contributed by atoms with Gasteiger partial charge < -0.3 is 15.2 Å². The molecule has 0 saturated carbocycles. The average Bonchev–Trinajstić information content (AvgIpc) is 3.38. The summed E-state index contributed by atoms with van der Waals surface area (Å²) in [6.07, 6.45) is 4.98. The van der Waals surface area contributed by atoms with Crippen molar-refractivity contribution in [3.05, 3.63) is 58.4 Å². The van der Waals surface area contributed by atoms with Crippen molar-refractivity contribution >= 4 is 28.2 Å². The third kappa shape index (κ3) is 6.61. The number of thiophene rings is 1. The Morgan fingerprint density at radius 3 is 2.97 bits per heavy atom. The number of benzene rings is 1. The Balaban J connectivity index is 1.42. The first-order valence-electron chi connectivity index (χ1n) is 12.1. The highest BCUT2D eigenvalue weighted by Crippen LogP contribution is 2.34. The lowest BCUT2D eigenvalue weighted by atomic mass is 9.79. The Labute approximate surface area is 211 Å². The van der Waals surface area contributed by atoms with E-state index in [0.717, 1.165) is 53.9 Å².